The lowest BCUT2D eigenvalue weighted by atomic mass is 9.92. The van der Waals surface area contributed by atoms with E-state index in [0.29, 0.717) is 23.9 Å². The highest BCUT2D eigenvalue weighted by Crippen LogP contribution is 2.41. The summed E-state index contributed by atoms with van der Waals surface area (Å²) in [7, 11) is 0. The molecule has 9 heteroatoms. The quantitative estimate of drug-likeness (QED) is 0.454. The summed E-state index contributed by atoms with van der Waals surface area (Å²) < 4.78 is 7.24. The summed E-state index contributed by atoms with van der Waals surface area (Å²) in [5.41, 5.74) is 4.48. The van der Waals surface area contributed by atoms with E-state index in [-0.39, 0.29) is 5.56 Å². The molecule has 0 fully saturated rings. The summed E-state index contributed by atoms with van der Waals surface area (Å²) in [4.78, 5) is 12.7. The molecule has 9 nitrogen and oxygen atoms in total. The Morgan fingerprint density at radius 1 is 1.06 bits per heavy atom. The summed E-state index contributed by atoms with van der Waals surface area (Å²) in [6.07, 6.45) is 0.942. The van der Waals surface area contributed by atoms with Gasteiger partial charge >= 0.3 is 0 Å². The Kier molecular flexibility index (Phi) is 4.70. The molecule has 2 aromatic carbocycles. The lowest BCUT2D eigenvalue weighted by molar-refractivity contribution is 0.340. The van der Waals surface area contributed by atoms with Gasteiger partial charge in [-0.05, 0) is 59.2 Å². The number of anilines is 2. The van der Waals surface area contributed by atoms with Crippen LogP contribution in [-0.2, 0) is 6.42 Å². The third-order valence-corrected chi connectivity index (χ3v) is 5.41. The number of benzene rings is 2. The molecule has 0 amide bonds. The molecule has 156 valence electrons. The van der Waals surface area contributed by atoms with Crippen molar-refractivity contribution < 1.29 is 4.74 Å². The van der Waals surface area contributed by atoms with Crippen molar-refractivity contribution in [3.8, 4) is 17.0 Å². The second-order valence-corrected chi connectivity index (χ2v) is 7.22. The largest absolute Gasteiger partial charge is 0.494 e. The van der Waals surface area contributed by atoms with Gasteiger partial charge in [-0.3, -0.25) is 4.79 Å². The number of hydrogen-bond acceptors (Lipinski definition) is 7. The Morgan fingerprint density at radius 2 is 1.84 bits per heavy atom. The lowest BCUT2D eigenvalue weighted by Gasteiger charge is -2.28. The highest BCUT2D eigenvalue weighted by atomic mass is 16.5. The Hall–Kier alpha value is -4.01. The van der Waals surface area contributed by atoms with Crippen LogP contribution in [0.25, 0.3) is 11.3 Å². The average Bonchev–Trinajstić information content (AvgIpc) is 3.28. The second-order valence-electron chi connectivity index (χ2n) is 7.22. The van der Waals surface area contributed by atoms with Gasteiger partial charge in [0.25, 0.3) is 5.56 Å². The molecule has 0 bridgehead atoms. The van der Waals surface area contributed by atoms with Crippen LogP contribution in [0.1, 0.15) is 36.6 Å². The number of nitrogens with one attached hydrogen (secondary N) is 2. The topological polar surface area (TPSA) is 111 Å². The van der Waals surface area contributed by atoms with Gasteiger partial charge in [-0.15, -0.1) is 0 Å². The normalized spacial score (nSPS) is 14.5. The van der Waals surface area contributed by atoms with Crippen molar-refractivity contribution in [2.75, 3.05) is 11.9 Å². The number of fused-ring (bicyclic) bond motifs is 2. The summed E-state index contributed by atoms with van der Waals surface area (Å²) >= 11 is 0. The SMILES string of the molecule is CCOc1ccc(-c2n[nH]c(=O)c3c2[C@H](c2ccc(CC)cc2)n2nnnc2N3)cc1. The molecule has 0 saturated heterocycles. The molecular formula is C22H21N7O2. The van der Waals surface area contributed by atoms with E-state index >= 15 is 0 Å². The maximum absolute atomic E-state index is 12.7. The highest BCUT2D eigenvalue weighted by Gasteiger charge is 2.34. The van der Waals surface area contributed by atoms with Crippen LogP contribution in [0, 0.1) is 0 Å². The summed E-state index contributed by atoms with van der Waals surface area (Å²) in [5.74, 6) is 1.18. The fraction of sp³-hybridized carbons (Fsp3) is 0.227. The van der Waals surface area contributed by atoms with Crippen molar-refractivity contribution in [3.63, 3.8) is 0 Å². The first-order valence-electron chi connectivity index (χ1n) is 10.2. The zero-order chi connectivity index (χ0) is 21.4. The van der Waals surface area contributed by atoms with Gasteiger partial charge in [0.15, 0.2) is 0 Å². The third-order valence-electron chi connectivity index (χ3n) is 5.41. The summed E-state index contributed by atoms with van der Waals surface area (Å²) in [6, 6.07) is 15.5. The Bertz CT molecular complexity index is 1280. The van der Waals surface area contributed by atoms with E-state index in [1.807, 2.05) is 43.3 Å². The van der Waals surface area contributed by atoms with E-state index < -0.39 is 6.04 Å². The molecule has 1 aliphatic rings. The number of aromatic amines is 1. The van der Waals surface area contributed by atoms with Crippen molar-refractivity contribution >= 4 is 11.6 Å². The van der Waals surface area contributed by atoms with Crippen molar-refractivity contribution in [1.29, 1.82) is 0 Å². The van der Waals surface area contributed by atoms with Gasteiger partial charge in [-0.2, -0.15) is 9.78 Å². The first-order valence-corrected chi connectivity index (χ1v) is 10.2. The summed E-state index contributed by atoms with van der Waals surface area (Å²) in [5, 5.41) is 22.1. The molecule has 0 aliphatic carbocycles. The predicted molar refractivity (Wildman–Crippen MR) is 116 cm³/mol. The van der Waals surface area contributed by atoms with Crippen LogP contribution >= 0.6 is 0 Å². The third kappa shape index (κ3) is 3.24. The van der Waals surface area contributed by atoms with E-state index in [2.05, 4.69) is 50.1 Å². The first-order chi connectivity index (χ1) is 15.2. The smallest absolute Gasteiger partial charge is 0.288 e. The molecule has 2 N–H and O–H groups in total. The maximum atomic E-state index is 12.7. The van der Waals surface area contributed by atoms with Gasteiger partial charge in [-0.1, -0.05) is 36.3 Å². The minimum absolute atomic E-state index is 0.325. The van der Waals surface area contributed by atoms with Crippen LogP contribution in [0.4, 0.5) is 11.6 Å². The molecule has 31 heavy (non-hydrogen) atoms. The fourth-order valence-electron chi connectivity index (χ4n) is 3.88. The van der Waals surface area contributed by atoms with E-state index in [4.69, 9.17) is 4.74 Å². The molecule has 0 spiro atoms. The Labute approximate surface area is 178 Å². The molecule has 0 saturated carbocycles. The monoisotopic (exact) mass is 415 g/mol. The van der Waals surface area contributed by atoms with Gasteiger partial charge in [0.1, 0.15) is 17.5 Å². The number of ether oxygens (including phenoxy) is 1. The molecule has 5 rings (SSSR count). The number of nitrogens with zero attached hydrogens (tertiary/aromatic N) is 5. The van der Waals surface area contributed by atoms with Gasteiger partial charge in [0.2, 0.25) is 5.95 Å². The van der Waals surface area contributed by atoms with Crippen LogP contribution in [0.2, 0.25) is 0 Å². The van der Waals surface area contributed by atoms with E-state index in [9.17, 15) is 4.79 Å². The van der Waals surface area contributed by atoms with Crippen LogP contribution in [-0.4, -0.2) is 37.0 Å². The Morgan fingerprint density at radius 3 is 2.55 bits per heavy atom. The van der Waals surface area contributed by atoms with E-state index in [1.165, 1.54) is 5.56 Å². The molecular weight excluding hydrogens is 394 g/mol. The Balaban J connectivity index is 1.71. The number of hydrogen-bond donors (Lipinski definition) is 2. The lowest BCUT2D eigenvalue weighted by Crippen LogP contribution is -2.29. The van der Waals surface area contributed by atoms with Crippen molar-refractivity contribution in [2.45, 2.75) is 26.3 Å². The minimum Gasteiger partial charge on any atom is -0.494 e. The number of H-pyrrole nitrogens is 1. The second kappa shape index (κ2) is 7.67. The predicted octanol–water partition coefficient (Wildman–Crippen LogP) is 3.08. The number of aromatic nitrogens is 6. The van der Waals surface area contributed by atoms with Crippen molar-refractivity contribution in [1.82, 2.24) is 30.4 Å². The highest BCUT2D eigenvalue weighted by molar-refractivity contribution is 5.75. The average molecular weight is 415 g/mol. The van der Waals surface area contributed by atoms with Crippen LogP contribution in [0.5, 0.6) is 5.75 Å². The molecule has 2 aromatic heterocycles. The van der Waals surface area contributed by atoms with Gasteiger partial charge in [0.05, 0.1) is 12.3 Å². The maximum Gasteiger partial charge on any atom is 0.288 e. The van der Waals surface area contributed by atoms with Crippen LogP contribution < -0.4 is 15.6 Å². The molecule has 4 aromatic rings. The van der Waals surface area contributed by atoms with E-state index in [0.717, 1.165) is 28.9 Å². The molecule has 1 atom stereocenters. The number of tetrazole rings is 1. The zero-order valence-electron chi connectivity index (χ0n) is 17.2. The van der Waals surface area contributed by atoms with Gasteiger partial charge < -0.3 is 10.1 Å². The number of aryl methyl sites for hydroxylation is 1. The zero-order valence-corrected chi connectivity index (χ0v) is 17.2. The van der Waals surface area contributed by atoms with Gasteiger partial charge in [0, 0.05) is 11.1 Å². The molecule has 1 aliphatic heterocycles. The standard InChI is InChI=1S/C22H21N7O2/c1-3-13-5-7-15(8-6-13)20-17-18(14-9-11-16(12-10-14)31-4-2)24-25-21(30)19(17)23-22-26-27-28-29(20)22/h5-12,20H,3-4H2,1-2H3,(H,25,30)(H,23,26,28)/t20-/m0/s1. The minimum atomic E-state index is -0.400. The van der Waals surface area contributed by atoms with Gasteiger partial charge in [-0.25, -0.2) is 5.10 Å². The summed E-state index contributed by atoms with van der Waals surface area (Å²) in [6.45, 7) is 4.65. The molecule has 0 unspecified atom stereocenters. The van der Waals surface area contributed by atoms with Crippen molar-refractivity contribution in [2.24, 2.45) is 0 Å². The molecule has 3 heterocycles. The van der Waals surface area contributed by atoms with Crippen LogP contribution in [0.15, 0.2) is 53.3 Å². The molecule has 0 radical (unpaired) electrons. The fourth-order valence-corrected chi connectivity index (χ4v) is 3.88. The van der Waals surface area contributed by atoms with Crippen molar-refractivity contribution in [3.05, 3.63) is 75.6 Å². The van der Waals surface area contributed by atoms with E-state index in [1.54, 1.807) is 4.68 Å². The first kappa shape index (κ1) is 19.0. The number of rotatable bonds is 5. The van der Waals surface area contributed by atoms with Crippen LogP contribution in [0.3, 0.4) is 0 Å².